The van der Waals surface area contributed by atoms with Crippen molar-refractivity contribution >= 4 is 13.7 Å². The Balaban J connectivity index is 4.33. The Kier molecular flexibility index (Phi) is 36.5. The molecule has 0 aliphatic heterocycles. The molecule has 8 nitrogen and oxygen atoms in total. The maximum Gasteiger partial charge on any atom is 0.472 e. The molecule has 0 aliphatic rings. The van der Waals surface area contributed by atoms with E-state index in [1.54, 1.807) is 6.08 Å². The Morgan fingerprint density at radius 2 is 1.06 bits per heavy atom. The van der Waals surface area contributed by atoms with E-state index in [1.165, 1.54) is 122 Å². The number of aliphatic hydroxyl groups is 1. The fourth-order valence-electron chi connectivity index (χ4n) is 5.81. The van der Waals surface area contributed by atoms with Crippen LogP contribution in [0.1, 0.15) is 187 Å². The highest BCUT2D eigenvalue weighted by molar-refractivity contribution is 7.47. The van der Waals surface area contributed by atoms with E-state index in [2.05, 4.69) is 43.5 Å². The molecule has 0 bridgehead atoms. The van der Waals surface area contributed by atoms with Crippen molar-refractivity contribution in [2.45, 2.75) is 199 Å². The van der Waals surface area contributed by atoms with Gasteiger partial charge in [-0.1, -0.05) is 172 Å². The molecule has 9 heteroatoms. The van der Waals surface area contributed by atoms with Crippen LogP contribution in [0.4, 0.5) is 0 Å². The van der Waals surface area contributed by atoms with E-state index in [0.717, 1.165) is 44.9 Å². The van der Waals surface area contributed by atoms with Crippen LogP contribution >= 0.6 is 7.82 Å². The van der Waals surface area contributed by atoms with E-state index < -0.39 is 20.0 Å². The summed E-state index contributed by atoms with van der Waals surface area (Å²) in [5, 5.41) is 13.6. The van der Waals surface area contributed by atoms with E-state index >= 15 is 0 Å². The number of allylic oxidation sites excluding steroid dienone is 5. The molecule has 0 aromatic rings. The zero-order valence-electron chi connectivity index (χ0n) is 32.4. The molecule has 0 aromatic heterocycles. The molecule has 0 fully saturated rings. The molecule has 0 aliphatic carbocycles. The Labute approximate surface area is 308 Å². The van der Waals surface area contributed by atoms with Crippen molar-refractivity contribution in [3.8, 4) is 0 Å². The summed E-state index contributed by atoms with van der Waals surface area (Å²) in [5.41, 5.74) is 5.36. The lowest BCUT2D eigenvalue weighted by Crippen LogP contribution is -2.45. The predicted octanol–water partition coefficient (Wildman–Crippen LogP) is 11.2. The maximum atomic E-state index is 12.7. The largest absolute Gasteiger partial charge is 0.472 e. The Bertz CT molecular complexity index is 881. The minimum Gasteiger partial charge on any atom is -0.387 e. The van der Waals surface area contributed by atoms with Gasteiger partial charge in [-0.3, -0.25) is 13.8 Å². The number of hydrogen-bond donors (Lipinski definition) is 4. The minimum atomic E-state index is -4.34. The number of carbonyl (C=O) groups excluding carboxylic acids is 1. The summed E-state index contributed by atoms with van der Waals surface area (Å²) in [6.45, 7) is 4.09. The number of hydrogen-bond acceptors (Lipinski definition) is 6. The number of phosphoric acid groups is 1. The van der Waals surface area contributed by atoms with Gasteiger partial charge in [0.25, 0.3) is 0 Å². The molecule has 0 aromatic carbocycles. The third kappa shape index (κ3) is 35.1. The van der Waals surface area contributed by atoms with Crippen LogP contribution in [-0.4, -0.2) is 47.8 Å². The Hall–Kier alpha value is -1.28. The third-order valence-corrected chi connectivity index (χ3v) is 9.93. The van der Waals surface area contributed by atoms with Gasteiger partial charge in [0.15, 0.2) is 0 Å². The normalized spacial score (nSPS) is 14.6. The summed E-state index contributed by atoms with van der Waals surface area (Å²) in [6.07, 6.45) is 43.4. The van der Waals surface area contributed by atoms with Crippen LogP contribution in [-0.2, 0) is 18.4 Å². The number of unbranched alkanes of at least 4 members (excludes halogenated alkanes) is 22. The van der Waals surface area contributed by atoms with E-state index in [4.69, 9.17) is 14.8 Å². The Morgan fingerprint density at radius 3 is 1.54 bits per heavy atom. The Morgan fingerprint density at radius 1 is 0.640 bits per heavy atom. The van der Waals surface area contributed by atoms with Gasteiger partial charge in [0.2, 0.25) is 5.91 Å². The van der Waals surface area contributed by atoms with Crippen molar-refractivity contribution in [3.63, 3.8) is 0 Å². The first-order chi connectivity index (χ1) is 24.4. The van der Waals surface area contributed by atoms with E-state index in [0.29, 0.717) is 6.42 Å². The number of nitrogens with one attached hydrogen (secondary N) is 1. The number of rotatable bonds is 38. The summed E-state index contributed by atoms with van der Waals surface area (Å²) in [6, 6.07) is -0.879. The van der Waals surface area contributed by atoms with E-state index in [-0.39, 0.29) is 25.7 Å². The summed E-state index contributed by atoms with van der Waals surface area (Å²) in [7, 11) is -4.34. The van der Waals surface area contributed by atoms with Crippen molar-refractivity contribution in [2.24, 2.45) is 5.73 Å². The van der Waals surface area contributed by atoms with Crippen molar-refractivity contribution in [3.05, 3.63) is 36.5 Å². The zero-order valence-corrected chi connectivity index (χ0v) is 33.3. The molecule has 0 saturated heterocycles. The molecule has 294 valence electrons. The molecule has 1 amide bonds. The van der Waals surface area contributed by atoms with Gasteiger partial charge in [-0.05, 0) is 44.9 Å². The quantitative estimate of drug-likeness (QED) is 0.0283. The third-order valence-electron chi connectivity index (χ3n) is 8.95. The molecule has 50 heavy (non-hydrogen) atoms. The van der Waals surface area contributed by atoms with Crippen molar-refractivity contribution in [1.82, 2.24) is 5.32 Å². The zero-order chi connectivity index (χ0) is 36.8. The number of carbonyl (C=O) groups is 1. The average Bonchev–Trinajstić information content (AvgIpc) is 3.10. The van der Waals surface area contributed by atoms with Crippen molar-refractivity contribution in [2.75, 3.05) is 19.8 Å². The van der Waals surface area contributed by atoms with Crippen LogP contribution < -0.4 is 11.1 Å². The standard InChI is InChI=1S/C41H79N2O6P/c1-3-5-7-9-11-13-15-17-18-19-20-21-22-23-24-26-28-30-32-34-40(44)39(38-49-50(46,47)48-37-36-42)43-41(45)35-33-31-29-27-25-16-14-12-10-8-6-4-2/h20-21,24,26,32,34,39-40,44H,3-19,22-23,25,27-31,33,35-38,42H2,1-2H3,(H,43,45)(H,46,47)/b21-20+,26-24+,34-32+. The predicted molar refractivity (Wildman–Crippen MR) is 212 cm³/mol. The van der Waals surface area contributed by atoms with Crippen LogP contribution in [0, 0.1) is 0 Å². The summed E-state index contributed by atoms with van der Waals surface area (Å²) in [4.78, 5) is 22.6. The monoisotopic (exact) mass is 727 g/mol. The SMILES string of the molecule is CCCCCCCCCCC/C=C/CC/C=C/CC/C=C/C(O)C(COP(=O)(O)OCCN)NC(=O)CCCCCCCCCCCCCC. The van der Waals surface area contributed by atoms with Gasteiger partial charge in [-0.25, -0.2) is 4.57 Å². The molecule has 3 unspecified atom stereocenters. The molecule has 3 atom stereocenters. The average molecular weight is 727 g/mol. The van der Waals surface area contributed by atoms with Gasteiger partial charge < -0.3 is 21.1 Å². The lowest BCUT2D eigenvalue weighted by molar-refractivity contribution is -0.123. The van der Waals surface area contributed by atoms with Gasteiger partial charge in [0.1, 0.15) is 0 Å². The lowest BCUT2D eigenvalue weighted by Gasteiger charge is -2.23. The number of amides is 1. The second-order valence-corrected chi connectivity index (χ2v) is 15.3. The molecule has 5 N–H and O–H groups in total. The summed E-state index contributed by atoms with van der Waals surface area (Å²) in [5.74, 6) is -0.209. The van der Waals surface area contributed by atoms with Crippen LogP contribution in [0.15, 0.2) is 36.5 Å². The first kappa shape index (κ1) is 48.7. The van der Waals surface area contributed by atoms with Crippen molar-refractivity contribution in [1.29, 1.82) is 0 Å². The van der Waals surface area contributed by atoms with Gasteiger partial charge in [-0.2, -0.15) is 0 Å². The summed E-state index contributed by atoms with van der Waals surface area (Å²) >= 11 is 0. The second kappa shape index (κ2) is 37.5. The van der Waals surface area contributed by atoms with Gasteiger partial charge >= 0.3 is 7.82 Å². The highest BCUT2D eigenvalue weighted by Gasteiger charge is 2.26. The second-order valence-electron chi connectivity index (χ2n) is 13.8. The fraction of sp³-hybridized carbons (Fsp3) is 0.829. The first-order valence-electron chi connectivity index (χ1n) is 20.6. The van der Waals surface area contributed by atoms with Crippen LogP contribution in [0.5, 0.6) is 0 Å². The van der Waals surface area contributed by atoms with Gasteiger partial charge in [0.05, 0.1) is 25.4 Å². The molecule has 0 rings (SSSR count). The lowest BCUT2D eigenvalue weighted by atomic mass is 10.0. The molecular weight excluding hydrogens is 647 g/mol. The first-order valence-corrected chi connectivity index (χ1v) is 22.1. The van der Waals surface area contributed by atoms with Gasteiger partial charge in [0, 0.05) is 13.0 Å². The molecule has 0 saturated carbocycles. The highest BCUT2D eigenvalue weighted by Crippen LogP contribution is 2.43. The van der Waals surface area contributed by atoms with E-state index in [9.17, 15) is 19.4 Å². The summed E-state index contributed by atoms with van der Waals surface area (Å²) < 4.78 is 22.0. The van der Waals surface area contributed by atoms with Crippen LogP contribution in [0.2, 0.25) is 0 Å². The minimum absolute atomic E-state index is 0.0725. The highest BCUT2D eigenvalue weighted by atomic mass is 31.2. The maximum absolute atomic E-state index is 12.7. The van der Waals surface area contributed by atoms with E-state index in [1.807, 2.05) is 6.08 Å². The van der Waals surface area contributed by atoms with Crippen LogP contribution in [0.25, 0.3) is 0 Å². The molecule has 0 heterocycles. The van der Waals surface area contributed by atoms with Crippen molar-refractivity contribution < 1.29 is 28.4 Å². The molecule has 0 spiro atoms. The topological polar surface area (TPSA) is 131 Å². The fourth-order valence-corrected chi connectivity index (χ4v) is 6.57. The molecule has 0 radical (unpaired) electrons. The molecular formula is C41H79N2O6P. The smallest absolute Gasteiger partial charge is 0.387 e. The number of nitrogens with two attached hydrogens (primary N) is 1. The number of aliphatic hydroxyl groups excluding tert-OH is 1. The number of phosphoric ester groups is 1. The van der Waals surface area contributed by atoms with Crippen LogP contribution in [0.3, 0.4) is 0 Å². The van der Waals surface area contributed by atoms with Gasteiger partial charge in [-0.15, -0.1) is 0 Å².